The Morgan fingerprint density at radius 1 is 1.12 bits per heavy atom. The van der Waals surface area contributed by atoms with E-state index in [0.29, 0.717) is 23.3 Å². The van der Waals surface area contributed by atoms with Crippen molar-refractivity contribution in [1.29, 1.82) is 0 Å². The lowest BCUT2D eigenvalue weighted by Gasteiger charge is -2.10. The Bertz CT molecular complexity index is 827. The molecule has 0 unspecified atom stereocenters. The van der Waals surface area contributed by atoms with Crippen LogP contribution in [0, 0.1) is 0 Å². The molecule has 0 spiro atoms. The predicted octanol–water partition coefficient (Wildman–Crippen LogP) is 3.89. The topological polar surface area (TPSA) is 72.0 Å². The molecule has 0 aliphatic carbocycles. The van der Waals surface area contributed by atoms with Gasteiger partial charge in [-0.25, -0.2) is 0 Å². The van der Waals surface area contributed by atoms with Gasteiger partial charge in [0.2, 0.25) is 5.95 Å². The Labute approximate surface area is 144 Å². The predicted molar refractivity (Wildman–Crippen MR) is 94.9 cm³/mol. The molecule has 2 N–H and O–H groups in total. The number of nitrogens with one attached hydrogen (secondary N) is 2. The van der Waals surface area contributed by atoms with Crippen LogP contribution in [0.1, 0.15) is 5.56 Å². The Morgan fingerprint density at radius 3 is 2.83 bits per heavy atom. The second kappa shape index (κ2) is 7.61. The van der Waals surface area contributed by atoms with Crippen molar-refractivity contribution in [3.63, 3.8) is 0 Å². The smallest absolute Gasteiger partial charge is 0.249 e. The van der Waals surface area contributed by atoms with E-state index in [0.717, 1.165) is 17.0 Å². The van der Waals surface area contributed by atoms with Crippen molar-refractivity contribution in [2.45, 2.75) is 6.54 Å². The zero-order valence-corrected chi connectivity index (χ0v) is 13.8. The highest BCUT2D eigenvalue weighted by molar-refractivity contribution is 6.30. The van der Waals surface area contributed by atoms with Gasteiger partial charge in [0, 0.05) is 22.8 Å². The molecule has 0 aliphatic rings. The fourth-order valence-corrected chi connectivity index (χ4v) is 2.36. The van der Waals surface area contributed by atoms with Gasteiger partial charge in [-0.3, -0.25) is 0 Å². The zero-order chi connectivity index (χ0) is 16.8. The van der Waals surface area contributed by atoms with Crippen LogP contribution >= 0.6 is 11.6 Å². The summed E-state index contributed by atoms with van der Waals surface area (Å²) in [6.45, 7) is 0.569. The van der Waals surface area contributed by atoms with Gasteiger partial charge in [-0.05, 0) is 24.3 Å². The lowest BCUT2D eigenvalue weighted by molar-refractivity contribution is 0.410. The summed E-state index contributed by atoms with van der Waals surface area (Å²) in [5, 5.41) is 14.9. The van der Waals surface area contributed by atoms with Crippen LogP contribution in [-0.4, -0.2) is 22.3 Å². The van der Waals surface area contributed by atoms with Crippen LogP contribution in [0.5, 0.6) is 5.75 Å². The van der Waals surface area contributed by atoms with Crippen LogP contribution in [0.2, 0.25) is 5.02 Å². The number of methoxy groups -OCH3 is 1. The van der Waals surface area contributed by atoms with Gasteiger partial charge >= 0.3 is 0 Å². The summed E-state index contributed by atoms with van der Waals surface area (Å²) in [5.41, 5.74) is 1.83. The number of nitrogens with zero attached hydrogens (tertiary/aromatic N) is 3. The summed E-state index contributed by atoms with van der Waals surface area (Å²) in [6.07, 6.45) is 1.57. The second-order valence-corrected chi connectivity index (χ2v) is 5.40. The third-order valence-corrected chi connectivity index (χ3v) is 3.53. The molecule has 0 fully saturated rings. The SMILES string of the molecule is COc1ccccc1CNc1cnnc(Nc2cccc(Cl)c2)n1. The number of anilines is 3. The first-order valence-corrected chi connectivity index (χ1v) is 7.70. The lowest BCUT2D eigenvalue weighted by atomic mass is 10.2. The van der Waals surface area contributed by atoms with Gasteiger partial charge in [0.15, 0.2) is 5.82 Å². The second-order valence-electron chi connectivity index (χ2n) is 4.97. The van der Waals surface area contributed by atoms with Crippen molar-refractivity contribution in [3.8, 4) is 5.75 Å². The van der Waals surface area contributed by atoms with Crippen molar-refractivity contribution in [1.82, 2.24) is 15.2 Å². The monoisotopic (exact) mass is 341 g/mol. The molecular formula is C17H16ClN5O. The third-order valence-electron chi connectivity index (χ3n) is 3.29. The average molecular weight is 342 g/mol. The van der Waals surface area contributed by atoms with Gasteiger partial charge < -0.3 is 15.4 Å². The first kappa shape index (κ1) is 16.0. The summed E-state index contributed by atoms with van der Waals surface area (Å²) in [4.78, 5) is 4.39. The van der Waals surface area contributed by atoms with Gasteiger partial charge in [-0.2, -0.15) is 10.1 Å². The van der Waals surface area contributed by atoms with Crippen LogP contribution < -0.4 is 15.4 Å². The van der Waals surface area contributed by atoms with E-state index in [1.165, 1.54) is 0 Å². The lowest BCUT2D eigenvalue weighted by Crippen LogP contribution is -2.06. The van der Waals surface area contributed by atoms with Gasteiger partial charge in [-0.1, -0.05) is 35.9 Å². The molecule has 6 nitrogen and oxygen atoms in total. The highest BCUT2D eigenvalue weighted by Gasteiger charge is 2.04. The molecule has 0 saturated heterocycles. The van der Waals surface area contributed by atoms with E-state index in [1.807, 2.05) is 36.4 Å². The maximum Gasteiger partial charge on any atom is 0.249 e. The molecule has 122 valence electrons. The molecule has 2 aromatic carbocycles. The molecule has 0 saturated carbocycles. The summed E-state index contributed by atoms with van der Waals surface area (Å²) in [6, 6.07) is 15.1. The van der Waals surface area contributed by atoms with E-state index >= 15 is 0 Å². The fraction of sp³-hybridized carbons (Fsp3) is 0.118. The van der Waals surface area contributed by atoms with Gasteiger partial charge in [0.1, 0.15) is 5.75 Å². The fourth-order valence-electron chi connectivity index (χ4n) is 2.17. The molecule has 24 heavy (non-hydrogen) atoms. The van der Waals surface area contributed by atoms with Crippen LogP contribution in [0.25, 0.3) is 0 Å². The Morgan fingerprint density at radius 2 is 2.00 bits per heavy atom. The normalized spacial score (nSPS) is 10.2. The van der Waals surface area contributed by atoms with Crippen LogP contribution in [-0.2, 0) is 6.54 Å². The highest BCUT2D eigenvalue weighted by Crippen LogP contribution is 2.20. The minimum absolute atomic E-state index is 0.391. The number of para-hydroxylation sites is 1. The van der Waals surface area contributed by atoms with Crippen molar-refractivity contribution in [3.05, 3.63) is 65.3 Å². The standard InChI is InChI=1S/C17H16ClN5O/c1-24-15-8-3-2-5-12(15)10-19-16-11-20-23-17(22-16)21-14-7-4-6-13(18)9-14/h2-9,11H,10H2,1H3,(H2,19,21,22,23). The minimum Gasteiger partial charge on any atom is -0.496 e. The number of aromatic nitrogens is 3. The number of hydrogen-bond donors (Lipinski definition) is 2. The zero-order valence-electron chi connectivity index (χ0n) is 13.0. The number of benzene rings is 2. The first-order valence-electron chi connectivity index (χ1n) is 7.32. The van der Waals surface area contributed by atoms with Gasteiger partial charge in [0.05, 0.1) is 13.3 Å². The quantitative estimate of drug-likeness (QED) is 0.708. The Kier molecular flexibility index (Phi) is 5.08. The molecular weight excluding hydrogens is 326 g/mol. The highest BCUT2D eigenvalue weighted by atomic mass is 35.5. The first-order chi connectivity index (χ1) is 11.7. The molecule has 1 heterocycles. The number of hydrogen-bond acceptors (Lipinski definition) is 6. The molecule has 0 bridgehead atoms. The van der Waals surface area contributed by atoms with E-state index in [1.54, 1.807) is 25.4 Å². The van der Waals surface area contributed by atoms with E-state index < -0.39 is 0 Å². The summed E-state index contributed by atoms with van der Waals surface area (Å²) < 4.78 is 5.33. The van der Waals surface area contributed by atoms with Crippen LogP contribution in [0.15, 0.2) is 54.7 Å². The average Bonchev–Trinajstić information content (AvgIpc) is 2.60. The molecule has 3 aromatic rings. The van der Waals surface area contributed by atoms with Gasteiger partial charge in [0.25, 0.3) is 0 Å². The molecule has 1 aromatic heterocycles. The minimum atomic E-state index is 0.391. The van der Waals surface area contributed by atoms with Crippen molar-refractivity contribution >= 4 is 29.1 Å². The maximum absolute atomic E-state index is 5.97. The van der Waals surface area contributed by atoms with Crippen molar-refractivity contribution in [2.24, 2.45) is 0 Å². The Balaban J connectivity index is 1.69. The van der Waals surface area contributed by atoms with Crippen LogP contribution in [0.4, 0.5) is 17.5 Å². The van der Waals surface area contributed by atoms with E-state index in [-0.39, 0.29) is 0 Å². The summed E-state index contributed by atoms with van der Waals surface area (Å²) in [5.74, 6) is 1.83. The molecule has 0 atom stereocenters. The van der Waals surface area contributed by atoms with Crippen molar-refractivity contribution < 1.29 is 4.74 Å². The van der Waals surface area contributed by atoms with E-state index in [2.05, 4.69) is 25.8 Å². The van der Waals surface area contributed by atoms with E-state index in [4.69, 9.17) is 16.3 Å². The maximum atomic E-state index is 5.97. The van der Waals surface area contributed by atoms with Crippen molar-refractivity contribution in [2.75, 3.05) is 17.7 Å². The molecule has 0 amide bonds. The van der Waals surface area contributed by atoms with Gasteiger partial charge in [-0.15, -0.1) is 5.10 Å². The number of halogens is 1. The molecule has 3 rings (SSSR count). The molecule has 0 radical (unpaired) electrons. The number of ether oxygens (including phenoxy) is 1. The molecule has 7 heteroatoms. The van der Waals surface area contributed by atoms with Crippen LogP contribution in [0.3, 0.4) is 0 Å². The number of rotatable bonds is 6. The third kappa shape index (κ3) is 4.11. The Hall–Kier alpha value is -2.86. The summed E-state index contributed by atoms with van der Waals surface area (Å²) in [7, 11) is 1.65. The molecule has 0 aliphatic heterocycles. The summed E-state index contributed by atoms with van der Waals surface area (Å²) >= 11 is 5.97. The van der Waals surface area contributed by atoms with E-state index in [9.17, 15) is 0 Å². The largest absolute Gasteiger partial charge is 0.496 e.